The summed E-state index contributed by atoms with van der Waals surface area (Å²) in [7, 11) is 0. The van der Waals surface area contributed by atoms with E-state index in [0.717, 1.165) is 30.4 Å². The van der Waals surface area contributed by atoms with Gasteiger partial charge in [0, 0.05) is 29.2 Å². The number of rotatable bonds is 23. The van der Waals surface area contributed by atoms with Gasteiger partial charge in [0.1, 0.15) is 17.5 Å². The van der Waals surface area contributed by atoms with E-state index in [-0.39, 0.29) is 23.5 Å². The van der Waals surface area contributed by atoms with Crippen LogP contribution in [0.5, 0.6) is 0 Å². The Balaban J connectivity index is 1.40. The fraction of sp³-hybridized carbons (Fsp3) is 0.618. The van der Waals surface area contributed by atoms with Crippen LogP contribution in [-0.4, -0.2) is 44.7 Å². The zero-order valence-corrected chi connectivity index (χ0v) is 39.6. The number of allylic oxidation sites excluding steroid dienone is 12. The monoisotopic (exact) mass is 839 g/mol. The van der Waals surface area contributed by atoms with Crippen LogP contribution in [0.3, 0.4) is 0 Å². The number of carbonyl (C=O) groups excluding carboxylic acids is 1. The van der Waals surface area contributed by atoms with Crippen LogP contribution in [0.15, 0.2) is 107 Å². The van der Waals surface area contributed by atoms with Crippen molar-refractivity contribution in [3.05, 3.63) is 107 Å². The van der Waals surface area contributed by atoms with Crippen molar-refractivity contribution in [3.8, 4) is 11.8 Å². The zero-order chi connectivity index (χ0) is 44.9. The molecular formula is C55H82O6. The van der Waals surface area contributed by atoms with Crippen molar-refractivity contribution in [1.82, 2.24) is 0 Å². The van der Waals surface area contributed by atoms with E-state index in [2.05, 4.69) is 45.6 Å². The summed E-state index contributed by atoms with van der Waals surface area (Å²) in [6.45, 7) is 18.1. The number of hydrogen-bond acceptors (Lipinski definition) is 6. The average Bonchev–Trinajstić information content (AvgIpc) is 3.52. The van der Waals surface area contributed by atoms with Crippen molar-refractivity contribution in [2.75, 3.05) is 0 Å². The molecule has 0 spiro atoms. The molecule has 0 aromatic carbocycles. The van der Waals surface area contributed by atoms with Crippen molar-refractivity contribution in [2.45, 2.75) is 208 Å². The maximum atomic E-state index is 12.6. The second-order valence-electron chi connectivity index (χ2n) is 19.6. The van der Waals surface area contributed by atoms with E-state index in [1.807, 2.05) is 56.6 Å². The van der Waals surface area contributed by atoms with Gasteiger partial charge in [-0.05, 0) is 94.9 Å². The van der Waals surface area contributed by atoms with E-state index >= 15 is 0 Å². The van der Waals surface area contributed by atoms with E-state index in [1.54, 1.807) is 26.0 Å². The molecule has 3 rings (SSSR count). The Morgan fingerprint density at radius 3 is 2.02 bits per heavy atom. The van der Waals surface area contributed by atoms with E-state index in [1.165, 1.54) is 120 Å². The summed E-state index contributed by atoms with van der Waals surface area (Å²) in [6, 6.07) is 0. The fourth-order valence-electron chi connectivity index (χ4n) is 9.21. The van der Waals surface area contributed by atoms with Gasteiger partial charge in [0.2, 0.25) is 0 Å². The third-order valence-electron chi connectivity index (χ3n) is 12.7. The second-order valence-corrected chi connectivity index (χ2v) is 19.6. The maximum absolute atomic E-state index is 12.6. The van der Waals surface area contributed by atoms with Crippen LogP contribution in [0.2, 0.25) is 0 Å². The predicted molar refractivity (Wildman–Crippen MR) is 254 cm³/mol. The number of aliphatic hydroxyl groups excluding tert-OH is 1. The number of cyclic esters (lactones) is 1. The van der Waals surface area contributed by atoms with Crippen LogP contribution in [0.4, 0.5) is 0 Å². The van der Waals surface area contributed by atoms with Gasteiger partial charge in [0.15, 0.2) is 0 Å². The van der Waals surface area contributed by atoms with Crippen molar-refractivity contribution in [2.24, 2.45) is 10.8 Å². The first-order chi connectivity index (χ1) is 28.9. The lowest BCUT2D eigenvalue weighted by atomic mass is 9.57. The third kappa shape index (κ3) is 17.2. The Hall–Kier alpha value is -3.63. The summed E-state index contributed by atoms with van der Waals surface area (Å²) in [5, 5.41) is 32.7. The molecule has 0 bridgehead atoms. The molecule has 6 heteroatoms. The van der Waals surface area contributed by atoms with Crippen molar-refractivity contribution in [1.29, 1.82) is 0 Å². The van der Waals surface area contributed by atoms with E-state index in [4.69, 9.17) is 9.47 Å². The van der Waals surface area contributed by atoms with Gasteiger partial charge in [-0.25, -0.2) is 4.79 Å². The first-order valence-corrected chi connectivity index (χ1v) is 23.6. The average molecular weight is 839 g/mol. The molecule has 61 heavy (non-hydrogen) atoms. The molecule has 0 unspecified atom stereocenters. The highest BCUT2D eigenvalue weighted by molar-refractivity contribution is 5.95. The van der Waals surface area contributed by atoms with Crippen LogP contribution in [0.25, 0.3) is 0 Å². The molecular weight excluding hydrogens is 757 g/mol. The van der Waals surface area contributed by atoms with E-state index in [0.29, 0.717) is 12.2 Å². The number of hydrogen-bond donors (Lipinski definition) is 3. The van der Waals surface area contributed by atoms with Gasteiger partial charge < -0.3 is 24.8 Å². The lowest BCUT2D eigenvalue weighted by Crippen LogP contribution is -2.65. The predicted octanol–water partition coefficient (Wildman–Crippen LogP) is 13.5. The largest absolute Gasteiger partial charge is 0.498 e. The molecule has 2 aliphatic carbocycles. The molecule has 3 N–H and O–H groups in total. The Morgan fingerprint density at radius 2 is 1.43 bits per heavy atom. The summed E-state index contributed by atoms with van der Waals surface area (Å²) in [4.78, 5) is 12.6. The topological polar surface area (TPSA) is 96.2 Å². The Kier molecular flexibility index (Phi) is 21.6. The van der Waals surface area contributed by atoms with Crippen molar-refractivity contribution < 1.29 is 29.6 Å². The van der Waals surface area contributed by atoms with Gasteiger partial charge in [0.05, 0.1) is 23.5 Å². The summed E-state index contributed by atoms with van der Waals surface area (Å²) in [5.41, 5.74) is 0.600. The molecule has 0 aromatic rings. The summed E-state index contributed by atoms with van der Waals surface area (Å²) in [5.74, 6) is 6.73. The normalized spacial score (nSPS) is 26.5. The molecule has 3 aliphatic rings. The Bertz CT molecular complexity index is 1740. The number of esters is 1. The van der Waals surface area contributed by atoms with Gasteiger partial charge in [-0.3, -0.25) is 0 Å². The molecule has 0 aromatic heterocycles. The number of ether oxygens (including phenoxy) is 2. The number of unbranched alkanes of at least 4 members (excludes halogenated alkanes) is 14. The van der Waals surface area contributed by atoms with Crippen LogP contribution >= 0.6 is 0 Å². The Labute approximate surface area is 371 Å². The molecule has 1 aliphatic heterocycles. The minimum atomic E-state index is -1.65. The van der Waals surface area contributed by atoms with Crippen LogP contribution in [0, 0.1) is 22.7 Å². The number of carbonyl (C=O) groups is 1. The minimum absolute atomic E-state index is 0.0359. The maximum Gasteiger partial charge on any atom is 0.343 e. The van der Waals surface area contributed by atoms with E-state index in [9.17, 15) is 20.1 Å². The van der Waals surface area contributed by atoms with Gasteiger partial charge in [-0.15, -0.1) is 0 Å². The van der Waals surface area contributed by atoms with Crippen molar-refractivity contribution in [3.63, 3.8) is 0 Å². The fourth-order valence-corrected chi connectivity index (χ4v) is 9.21. The molecule has 1 fully saturated rings. The third-order valence-corrected chi connectivity index (χ3v) is 12.7. The van der Waals surface area contributed by atoms with Crippen LogP contribution in [0.1, 0.15) is 184 Å². The molecule has 6 nitrogen and oxygen atoms in total. The summed E-state index contributed by atoms with van der Waals surface area (Å²) in [6.07, 6.45) is 44.4. The van der Waals surface area contributed by atoms with Gasteiger partial charge in [0.25, 0.3) is 0 Å². The highest BCUT2D eigenvalue weighted by Gasteiger charge is 2.58. The highest BCUT2D eigenvalue weighted by atomic mass is 16.5. The highest BCUT2D eigenvalue weighted by Crippen LogP contribution is 2.50. The lowest BCUT2D eigenvalue weighted by molar-refractivity contribution is -0.216. The first-order valence-electron chi connectivity index (χ1n) is 23.6. The summed E-state index contributed by atoms with van der Waals surface area (Å²) < 4.78 is 11.7. The number of aliphatic hydroxyl groups is 3. The molecule has 1 saturated carbocycles. The molecule has 1 heterocycles. The second kappa shape index (κ2) is 25.5. The quantitative estimate of drug-likeness (QED) is 0.0312. The molecule has 338 valence electrons. The zero-order valence-electron chi connectivity index (χ0n) is 39.6. The smallest absolute Gasteiger partial charge is 0.343 e. The van der Waals surface area contributed by atoms with Crippen molar-refractivity contribution >= 4 is 5.97 Å². The first kappa shape index (κ1) is 51.7. The van der Waals surface area contributed by atoms with Gasteiger partial charge in [-0.1, -0.05) is 172 Å². The van der Waals surface area contributed by atoms with Gasteiger partial charge in [-0.2, -0.15) is 0 Å². The minimum Gasteiger partial charge on any atom is -0.498 e. The molecule has 0 radical (unpaired) electrons. The van der Waals surface area contributed by atoms with Crippen LogP contribution in [-0.2, 0) is 14.3 Å². The molecule has 0 amide bonds. The lowest BCUT2D eigenvalue weighted by Gasteiger charge is -2.54. The Morgan fingerprint density at radius 1 is 0.836 bits per heavy atom. The molecule has 4 atom stereocenters. The van der Waals surface area contributed by atoms with Crippen LogP contribution < -0.4 is 0 Å². The molecule has 0 saturated heterocycles. The van der Waals surface area contributed by atoms with Gasteiger partial charge >= 0.3 is 5.97 Å². The summed E-state index contributed by atoms with van der Waals surface area (Å²) >= 11 is 0. The SMILES string of the molecule is CCCCCCCCCCCCCCCC/C=C/O[C@@H]1CC(C)=C(C#C/C(C)=C/C=C/C=C/C=C(C)/C=C2C=C(/C=C/[C@@]3(O)C(C)(C)C[C@H](O)C[C@@]3(C)O)C(=O)O/2)C(C)(C)C1. The van der Waals surface area contributed by atoms with E-state index < -0.39 is 28.7 Å². The standard InChI is InChI=1S/C55H82O6/c1-10-11-12-13-14-15-16-17-18-19-20-21-22-23-26-29-36-60-49-38-45(4)50(52(5,6)42-49)33-32-43(2)30-27-24-25-28-31-44(3)37-48-39-46(51(57)61-48)34-35-55(59)53(7,8)40-47(56)41-54(55,9)58/h24-25,27-31,34-37,39,47,49,56,58-59H,10-23,26,38,40-42H2,1-9H3/b27-24+,28-25+,35-34+,36-29+,43-30+,44-31+,48-37-/t47-,49+,54+,55+/m0/s1.